The van der Waals surface area contributed by atoms with Gasteiger partial charge in [-0.25, -0.2) is 4.79 Å². The number of ether oxygens (including phenoxy) is 1. The molecule has 1 amide bonds. The highest BCUT2D eigenvalue weighted by molar-refractivity contribution is 6.05. The normalized spacial score (nSPS) is 10.2. The molecule has 0 unspecified atom stereocenters. The molecule has 0 saturated carbocycles. The minimum atomic E-state index is -0.815. The number of nitro groups is 2. The third-order valence-electron chi connectivity index (χ3n) is 3.95. The van der Waals surface area contributed by atoms with Crippen molar-refractivity contribution in [1.82, 2.24) is 0 Å². The third-order valence-corrected chi connectivity index (χ3v) is 3.95. The number of nitro benzene ring substituents is 2. The average molecular weight is 401 g/mol. The van der Waals surface area contributed by atoms with Crippen LogP contribution in [-0.2, 0) is 4.74 Å². The molecule has 0 fully saturated rings. The van der Waals surface area contributed by atoms with Gasteiger partial charge in [0.2, 0.25) is 0 Å². The minimum absolute atomic E-state index is 0.231. The Morgan fingerprint density at radius 1 is 0.931 bits per heavy atom. The smallest absolute Gasteiger partial charge is 0.338 e. The van der Waals surface area contributed by atoms with Crippen LogP contribution in [0.15, 0.2) is 42.5 Å². The number of nitrogens with one attached hydrogen (secondary N) is 1. The van der Waals surface area contributed by atoms with Crippen LogP contribution in [-0.4, -0.2) is 28.3 Å². The van der Waals surface area contributed by atoms with Gasteiger partial charge in [-0.3, -0.25) is 25.0 Å². The Balaban J connectivity index is 2.08. The molecule has 10 nitrogen and oxygen atoms in total. The molecule has 2 rings (SSSR count). The van der Waals surface area contributed by atoms with Crippen LogP contribution in [0.25, 0.3) is 0 Å². The van der Waals surface area contributed by atoms with Crippen LogP contribution in [0.4, 0.5) is 17.1 Å². The van der Waals surface area contributed by atoms with Crippen LogP contribution in [0, 0.1) is 20.2 Å². The highest BCUT2D eigenvalue weighted by Crippen LogP contribution is 2.23. The van der Waals surface area contributed by atoms with E-state index in [1.54, 1.807) is 0 Å². The monoisotopic (exact) mass is 401 g/mol. The summed E-state index contributed by atoms with van der Waals surface area (Å²) in [6, 6.07) is 8.53. The number of hydrogen-bond acceptors (Lipinski definition) is 7. The fourth-order valence-corrected chi connectivity index (χ4v) is 2.43. The fraction of sp³-hybridized carbons (Fsp3) is 0.263. The summed E-state index contributed by atoms with van der Waals surface area (Å²) in [6.45, 7) is 2.37. The van der Waals surface area contributed by atoms with Gasteiger partial charge < -0.3 is 10.1 Å². The molecule has 0 heterocycles. The maximum Gasteiger partial charge on any atom is 0.338 e. The number of hydrogen-bond donors (Lipinski definition) is 1. The average Bonchev–Trinajstić information content (AvgIpc) is 2.71. The second-order valence-electron chi connectivity index (χ2n) is 6.13. The second-order valence-corrected chi connectivity index (χ2v) is 6.13. The van der Waals surface area contributed by atoms with Gasteiger partial charge in [0.1, 0.15) is 0 Å². The SMILES string of the molecule is CCCCCOC(=O)c1ccc(NC(=O)c2cc([N+](=O)[O-])cc([N+](=O)[O-])c2)cc1. The van der Waals surface area contributed by atoms with E-state index in [1.807, 2.05) is 6.92 Å². The summed E-state index contributed by atoms with van der Waals surface area (Å²) in [7, 11) is 0. The number of amides is 1. The number of non-ortho nitro benzene ring substituents is 2. The van der Waals surface area contributed by atoms with E-state index in [-0.39, 0.29) is 5.56 Å². The molecular formula is C19H19N3O7. The summed E-state index contributed by atoms with van der Waals surface area (Å²) < 4.78 is 5.14. The zero-order chi connectivity index (χ0) is 21.4. The predicted octanol–water partition coefficient (Wildman–Crippen LogP) is 4.10. The van der Waals surface area contributed by atoms with Crippen molar-refractivity contribution in [1.29, 1.82) is 0 Å². The second kappa shape index (κ2) is 9.93. The largest absolute Gasteiger partial charge is 0.462 e. The van der Waals surface area contributed by atoms with E-state index in [0.717, 1.165) is 37.5 Å². The lowest BCUT2D eigenvalue weighted by Crippen LogP contribution is -2.13. The van der Waals surface area contributed by atoms with E-state index in [9.17, 15) is 29.8 Å². The van der Waals surface area contributed by atoms with E-state index < -0.39 is 33.1 Å². The van der Waals surface area contributed by atoms with Crippen LogP contribution in [0.5, 0.6) is 0 Å². The first-order valence-corrected chi connectivity index (χ1v) is 8.84. The predicted molar refractivity (Wildman–Crippen MR) is 104 cm³/mol. The number of unbranched alkanes of at least 4 members (excludes halogenated alkanes) is 2. The number of nitrogens with zero attached hydrogens (tertiary/aromatic N) is 2. The third kappa shape index (κ3) is 6.09. The Morgan fingerprint density at radius 3 is 2.03 bits per heavy atom. The van der Waals surface area contributed by atoms with Gasteiger partial charge >= 0.3 is 5.97 Å². The highest BCUT2D eigenvalue weighted by atomic mass is 16.6. The van der Waals surface area contributed by atoms with Crippen LogP contribution in [0.3, 0.4) is 0 Å². The molecule has 2 aromatic rings. The van der Waals surface area contributed by atoms with Gasteiger partial charge in [0.15, 0.2) is 0 Å². The van der Waals surface area contributed by atoms with Crippen molar-refractivity contribution in [2.45, 2.75) is 26.2 Å². The van der Waals surface area contributed by atoms with Crippen molar-refractivity contribution < 1.29 is 24.2 Å². The summed E-state index contributed by atoms with van der Waals surface area (Å²) in [5.41, 5.74) is -0.737. The molecule has 0 saturated heterocycles. The van der Waals surface area contributed by atoms with Crippen molar-refractivity contribution in [3.63, 3.8) is 0 Å². The molecule has 0 aliphatic heterocycles. The molecule has 1 N–H and O–H groups in total. The Labute approximate surface area is 165 Å². The summed E-state index contributed by atoms with van der Waals surface area (Å²) >= 11 is 0. The standard InChI is InChI=1S/C19H19N3O7/c1-2-3-4-9-29-19(24)13-5-7-15(8-6-13)20-18(23)14-10-16(21(25)26)12-17(11-14)22(27)28/h5-8,10-12H,2-4,9H2,1H3,(H,20,23). The Bertz CT molecular complexity index is 894. The first-order chi connectivity index (χ1) is 13.8. The molecule has 0 aliphatic rings. The summed E-state index contributed by atoms with van der Waals surface area (Å²) in [6.07, 6.45) is 2.76. The lowest BCUT2D eigenvalue weighted by Gasteiger charge is -2.07. The molecule has 10 heteroatoms. The zero-order valence-electron chi connectivity index (χ0n) is 15.6. The Morgan fingerprint density at radius 2 is 1.52 bits per heavy atom. The van der Waals surface area contributed by atoms with Gasteiger partial charge in [0, 0.05) is 17.8 Å². The number of benzene rings is 2. The van der Waals surface area contributed by atoms with Gasteiger partial charge in [0.25, 0.3) is 17.3 Å². The van der Waals surface area contributed by atoms with Crippen LogP contribution >= 0.6 is 0 Å². The molecule has 0 radical (unpaired) electrons. The topological polar surface area (TPSA) is 142 Å². The molecule has 152 valence electrons. The number of esters is 1. The summed E-state index contributed by atoms with van der Waals surface area (Å²) in [5.74, 6) is -1.24. The molecule has 0 aromatic heterocycles. The molecule has 0 bridgehead atoms. The van der Waals surface area contributed by atoms with Crippen molar-refractivity contribution >= 4 is 28.9 Å². The fourth-order valence-electron chi connectivity index (χ4n) is 2.43. The van der Waals surface area contributed by atoms with Crippen molar-refractivity contribution in [3.8, 4) is 0 Å². The van der Waals surface area contributed by atoms with Gasteiger partial charge in [-0.15, -0.1) is 0 Å². The molecule has 0 spiro atoms. The van der Waals surface area contributed by atoms with E-state index in [4.69, 9.17) is 4.74 Å². The minimum Gasteiger partial charge on any atom is -0.462 e. The lowest BCUT2D eigenvalue weighted by atomic mass is 10.1. The maximum atomic E-state index is 12.3. The molecular weight excluding hydrogens is 382 g/mol. The number of rotatable bonds is 9. The lowest BCUT2D eigenvalue weighted by molar-refractivity contribution is -0.394. The van der Waals surface area contributed by atoms with E-state index >= 15 is 0 Å². The first kappa shape index (κ1) is 21.5. The van der Waals surface area contributed by atoms with Crippen LogP contribution in [0.1, 0.15) is 46.9 Å². The van der Waals surface area contributed by atoms with Gasteiger partial charge in [-0.1, -0.05) is 19.8 Å². The Hall–Kier alpha value is -3.82. The molecule has 0 aliphatic carbocycles. The van der Waals surface area contributed by atoms with Crippen LogP contribution in [0.2, 0.25) is 0 Å². The molecule has 29 heavy (non-hydrogen) atoms. The van der Waals surface area contributed by atoms with Gasteiger partial charge in [-0.05, 0) is 30.7 Å². The van der Waals surface area contributed by atoms with Gasteiger partial charge in [-0.2, -0.15) is 0 Å². The number of carbonyl (C=O) groups excluding carboxylic acids is 2. The van der Waals surface area contributed by atoms with E-state index in [0.29, 0.717) is 17.9 Å². The first-order valence-electron chi connectivity index (χ1n) is 8.84. The molecule has 0 atom stereocenters. The van der Waals surface area contributed by atoms with Crippen molar-refractivity contribution in [3.05, 3.63) is 73.8 Å². The maximum absolute atomic E-state index is 12.3. The quantitative estimate of drug-likeness (QED) is 0.288. The molecule has 2 aromatic carbocycles. The van der Waals surface area contributed by atoms with Crippen LogP contribution < -0.4 is 5.32 Å². The van der Waals surface area contributed by atoms with E-state index in [2.05, 4.69) is 5.32 Å². The Kier molecular flexibility index (Phi) is 7.35. The van der Waals surface area contributed by atoms with E-state index in [1.165, 1.54) is 24.3 Å². The highest BCUT2D eigenvalue weighted by Gasteiger charge is 2.20. The summed E-state index contributed by atoms with van der Waals surface area (Å²) in [4.78, 5) is 44.5. The summed E-state index contributed by atoms with van der Waals surface area (Å²) in [5, 5.41) is 24.3. The van der Waals surface area contributed by atoms with Gasteiger partial charge in [0.05, 0.1) is 33.6 Å². The number of carbonyl (C=O) groups is 2. The van der Waals surface area contributed by atoms with Crippen molar-refractivity contribution in [2.24, 2.45) is 0 Å². The zero-order valence-corrected chi connectivity index (χ0v) is 15.6. The van der Waals surface area contributed by atoms with Crippen molar-refractivity contribution in [2.75, 3.05) is 11.9 Å². The number of anilines is 1.